The van der Waals surface area contributed by atoms with Crippen LogP contribution in [0.1, 0.15) is 30.0 Å². The number of hydrogen-bond donors (Lipinski definition) is 2. The molecule has 0 bridgehead atoms. The maximum absolute atomic E-state index is 11.9. The lowest BCUT2D eigenvalue weighted by atomic mass is 10.1. The molecule has 1 aromatic heterocycles. The summed E-state index contributed by atoms with van der Waals surface area (Å²) < 4.78 is 5.10. The van der Waals surface area contributed by atoms with Crippen molar-refractivity contribution in [1.82, 2.24) is 5.32 Å². The van der Waals surface area contributed by atoms with E-state index in [0.29, 0.717) is 29.5 Å². The second-order valence-corrected chi connectivity index (χ2v) is 5.52. The highest BCUT2D eigenvalue weighted by atomic mass is 16.3. The minimum atomic E-state index is -0.265. The van der Waals surface area contributed by atoms with Crippen molar-refractivity contribution in [3.05, 3.63) is 60.1 Å². The number of furan rings is 1. The summed E-state index contributed by atoms with van der Waals surface area (Å²) in [6, 6.07) is 10.3. The van der Waals surface area contributed by atoms with Gasteiger partial charge in [0.15, 0.2) is 0 Å². The Hall–Kier alpha value is -2.82. The van der Waals surface area contributed by atoms with Gasteiger partial charge in [-0.1, -0.05) is 13.8 Å². The molecule has 2 N–H and O–H groups in total. The van der Waals surface area contributed by atoms with Crippen molar-refractivity contribution >= 4 is 23.6 Å². The van der Waals surface area contributed by atoms with Gasteiger partial charge in [0.2, 0.25) is 5.91 Å². The molecule has 0 radical (unpaired) electrons. The zero-order valence-corrected chi connectivity index (χ0v) is 13.2. The molecule has 0 saturated heterocycles. The van der Waals surface area contributed by atoms with Gasteiger partial charge in [0.05, 0.1) is 6.26 Å². The third kappa shape index (κ3) is 5.47. The van der Waals surface area contributed by atoms with E-state index in [-0.39, 0.29) is 11.8 Å². The van der Waals surface area contributed by atoms with E-state index in [4.69, 9.17) is 4.42 Å². The van der Waals surface area contributed by atoms with E-state index >= 15 is 0 Å². The van der Waals surface area contributed by atoms with E-state index in [9.17, 15) is 9.59 Å². The van der Waals surface area contributed by atoms with Crippen molar-refractivity contribution < 1.29 is 14.0 Å². The number of amides is 2. The van der Waals surface area contributed by atoms with Crippen LogP contribution in [-0.2, 0) is 4.79 Å². The molecule has 0 fully saturated rings. The first-order valence-corrected chi connectivity index (χ1v) is 7.45. The molecule has 5 heteroatoms. The van der Waals surface area contributed by atoms with Gasteiger partial charge < -0.3 is 15.1 Å². The van der Waals surface area contributed by atoms with Crippen molar-refractivity contribution in [3.8, 4) is 0 Å². The van der Waals surface area contributed by atoms with Crippen LogP contribution in [-0.4, -0.2) is 18.4 Å². The molecule has 5 nitrogen and oxygen atoms in total. The normalized spacial score (nSPS) is 10.9. The van der Waals surface area contributed by atoms with Crippen LogP contribution in [0.2, 0.25) is 0 Å². The molecular weight excluding hydrogens is 292 g/mol. The van der Waals surface area contributed by atoms with E-state index in [1.165, 1.54) is 6.08 Å². The van der Waals surface area contributed by atoms with Gasteiger partial charge in [-0.3, -0.25) is 9.59 Å². The number of hydrogen-bond acceptors (Lipinski definition) is 3. The predicted molar refractivity (Wildman–Crippen MR) is 90.0 cm³/mol. The zero-order valence-electron chi connectivity index (χ0n) is 13.2. The van der Waals surface area contributed by atoms with Crippen molar-refractivity contribution in [3.63, 3.8) is 0 Å². The number of rotatable bonds is 6. The van der Waals surface area contributed by atoms with E-state index in [2.05, 4.69) is 10.6 Å². The lowest BCUT2D eigenvalue weighted by molar-refractivity contribution is -0.111. The van der Waals surface area contributed by atoms with Gasteiger partial charge in [-0.05, 0) is 48.4 Å². The molecule has 2 amide bonds. The van der Waals surface area contributed by atoms with Gasteiger partial charge in [0.25, 0.3) is 5.91 Å². The number of carbonyl (C=O) groups is 2. The molecule has 0 aliphatic heterocycles. The van der Waals surface area contributed by atoms with Gasteiger partial charge in [0, 0.05) is 23.9 Å². The maximum atomic E-state index is 11.9. The molecule has 1 aromatic carbocycles. The predicted octanol–water partition coefficient (Wildman–Crippen LogP) is 3.32. The minimum Gasteiger partial charge on any atom is -0.465 e. The van der Waals surface area contributed by atoms with Crippen LogP contribution in [0.5, 0.6) is 0 Å². The topological polar surface area (TPSA) is 71.3 Å². The summed E-state index contributed by atoms with van der Waals surface area (Å²) in [4.78, 5) is 23.7. The molecule has 2 aromatic rings. The molecule has 2 rings (SSSR count). The van der Waals surface area contributed by atoms with Crippen LogP contribution >= 0.6 is 0 Å². The second kappa shape index (κ2) is 7.98. The average Bonchev–Trinajstić information content (AvgIpc) is 3.05. The summed E-state index contributed by atoms with van der Waals surface area (Å²) in [6.45, 7) is 4.71. The molecular formula is C18H20N2O3. The SMILES string of the molecule is CC(C)CNC(=O)c1ccc(NC(=O)C=Cc2ccco2)cc1. The van der Waals surface area contributed by atoms with E-state index < -0.39 is 0 Å². The van der Waals surface area contributed by atoms with Gasteiger partial charge >= 0.3 is 0 Å². The van der Waals surface area contributed by atoms with Gasteiger partial charge in [-0.15, -0.1) is 0 Å². The Bertz CT molecular complexity index is 671. The first kappa shape index (κ1) is 16.5. The van der Waals surface area contributed by atoms with E-state index in [0.717, 1.165) is 0 Å². The van der Waals surface area contributed by atoms with Crippen molar-refractivity contribution in [2.75, 3.05) is 11.9 Å². The highest BCUT2D eigenvalue weighted by Gasteiger charge is 2.06. The highest BCUT2D eigenvalue weighted by Crippen LogP contribution is 2.10. The Morgan fingerprint density at radius 3 is 2.52 bits per heavy atom. The molecule has 0 saturated carbocycles. The maximum Gasteiger partial charge on any atom is 0.251 e. The molecule has 0 atom stereocenters. The van der Waals surface area contributed by atoms with Crippen LogP contribution in [0.25, 0.3) is 6.08 Å². The summed E-state index contributed by atoms with van der Waals surface area (Å²) >= 11 is 0. The largest absolute Gasteiger partial charge is 0.465 e. The van der Waals surface area contributed by atoms with Crippen molar-refractivity contribution in [2.45, 2.75) is 13.8 Å². The van der Waals surface area contributed by atoms with Crippen LogP contribution in [0.3, 0.4) is 0 Å². The quantitative estimate of drug-likeness (QED) is 0.804. The summed E-state index contributed by atoms with van der Waals surface area (Å²) in [5, 5.41) is 5.57. The standard InChI is InChI=1S/C18H20N2O3/c1-13(2)12-19-18(22)14-5-7-15(8-6-14)20-17(21)10-9-16-4-3-11-23-16/h3-11,13H,12H2,1-2H3,(H,19,22)(H,20,21). The van der Waals surface area contributed by atoms with Gasteiger partial charge in [-0.2, -0.15) is 0 Å². The third-order valence-electron chi connectivity index (χ3n) is 3.03. The first-order valence-electron chi connectivity index (χ1n) is 7.45. The first-order chi connectivity index (χ1) is 11.0. The lowest BCUT2D eigenvalue weighted by Gasteiger charge is -2.08. The second-order valence-electron chi connectivity index (χ2n) is 5.52. The summed E-state index contributed by atoms with van der Waals surface area (Å²) in [5.41, 5.74) is 1.19. The number of benzene rings is 1. The van der Waals surface area contributed by atoms with Crippen molar-refractivity contribution in [2.24, 2.45) is 5.92 Å². The number of anilines is 1. The fourth-order valence-electron chi connectivity index (χ4n) is 1.83. The summed E-state index contributed by atoms with van der Waals surface area (Å²) in [5.74, 6) is 0.628. The number of nitrogens with one attached hydrogen (secondary N) is 2. The molecule has 120 valence electrons. The fourth-order valence-corrected chi connectivity index (χ4v) is 1.83. The van der Waals surface area contributed by atoms with Crippen LogP contribution in [0, 0.1) is 5.92 Å². The van der Waals surface area contributed by atoms with Gasteiger partial charge in [-0.25, -0.2) is 0 Å². The van der Waals surface area contributed by atoms with E-state index in [1.54, 1.807) is 48.7 Å². The Labute approximate surface area is 135 Å². The molecule has 0 spiro atoms. The Morgan fingerprint density at radius 2 is 1.91 bits per heavy atom. The smallest absolute Gasteiger partial charge is 0.251 e. The third-order valence-corrected chi connectivity index (χ3v) is 3.03. The Morgan fingerprint density at radius 1 is 1.17 bits per heavy atom. The highest BCUT2D eigenvalue weighted by molar-refractivity contribution is 6.02. The minimum absolute atomic E-state index is 0.116. The summed E-state index contributed by atoms with van der Waals surface area (Å²) in [7, 11) is 0. The molecule has 0 unspecified atom stereocenters. The monoisotopic (exact) mass is 312 g/mol. The molecule has 1 heterocycles. The Balaban J connectivity index is 1.89. The van der Waals surface area contributed by atoms with E-state index in [1.807, 2.05) is 13.8 Å². The molecule has 0 aliphatic carbocycles. The molecule has 0 aliphatic rings. The fraction of sp³-hybridized carbons (Fsp3) is 0.222. The van der Waals surface area contributed by atoms with Crippen molar-refractivity contribution in [1.29, 1.82) is 0 Å². The van der Waals surface area contributed by atoms with Crippen LogP contribution in [0.15, 0.2) is 53.2 Å². The van der Waals surface area contributed by atoms with Crippen LogP contribution < -0.4 is 10.6 Å². The molecule has 23 heavy (non-hydrogen) atoms. The Kier molecular flexibility index (Phi) is 5.74. The average molecular weight is 312 g/mol. The number of carbonyl (C=O) groups excluding carboxylic acids is 2. The van der Waals surface area contributed by atoms with Crippen LogP contribution in [0.4, 0.5) is 5.69 Å². The lowest BCUT2D eigenvalue weighted by Crippen LogP contribution is -2.27. The zero-order chi connectivity index (χ0) is 16.7. The van der Waals surface area contributed by atoms with Gasteiger partial charge in [0.1, 0.15) is 5.76 Å². The summed E-state index contributed by atoms with van der Waals surface area (Å²) in [6.07, 6.45) is 4.52.